The number of phenols is 1. The Bertz CT molecular complexity index is 443. The van der Waals surface area contributed by atoms with E-state index in [9.17, 15) is 5.11 Å². The first-order valence-electron chi connectivity index (χ1n) is 7.25. The first-order chi connectivity index (χ1) is 8.68. The molecule has 1 aromatic rings. The monoisotopic (exact) mass is 245 g/mol. The fourth-order valence-electron chi connectivity index (χ4n) is 3.76. The smallest absolute Gasteiger partial charge is 0.119 e. The van der Waals surface area contributed by atoms with E-state index in [1.807, 2.05) is 12.1 Å². The summed E-state index contributed by atoms with van der Waals surface area (Å²) in [7, 11) is 0. The zero-order chi connectivity index (χ0) is 12.7. The van der Waals surface area contributed by atoms with Gasteiger partial charge in [-0.1, -0.05) is 19.1 Å². The second-order valence-electron chi connectivity index (χ2n) is 6.00. The van der Waals surface area contributed by atoms with Gasteiger partial charge in [0.05, 0.1) is 0 Å². The second-order valence-corrected chi connectivity index (χ2v) is 6.00. The standard InChI is InChI=1S/C16H23NO/c1-11-5-4-10-17(12(11)2)15-9-8-14-13(15)6-3-7-16(14)18/h3,6-7,11-12,15,18H,4-5,8-10H2,1-2H3. The van der Waals surface area contributed by atoms with Crippen molar-refractivity contribution >= 4 is 0 Å². The summed E-state index contributed by atoms with van der Waals surface area (Å²) >= 11 is 0. The lowest BCUT2D eigenvalue weighted by Gasteiger charge is -2.42. The molecule has 2 aliphatic rings. The maximum atomic E-state index is 9.95. The Hall–Kier alpha value is -1.02. The van der Waals surface area contributed by atoms with Crippen LogP contribution in [0.3, 0.4) is 0 Å². The van der Waals surface area contributed by atoms with Gasteiger partial charge in [0, 0.05) is 12.1 Å². The highest BCUT2D eigenvalue weighted by Gasteiger charge is 2.35. The minimum atomic E-state index is 0.493. The third-order valence-electron chi connectivity index (χ3n) is 5.04. The van der Waals surface area contributed by atoms with Gasteiger partial charge < -0.3 is 5.11 Å². The van der Waals surface area contributed by atoms with Crippen molar-refractivity contribution in [3.8, 4) is 5.75 Å². The number of benzene rings is 1. The normalized spacial score (nSPS) is 32.4. The molecular weight excluding hydrogens is 222 g/mol. The molecule has 18 heavy (non-hydrogen) atoms. The molecule has 3 atom stereocenters. The number of likely N-dealkylation sites (tertiary alicyclic amines) is 1. The fourth-order valence-corrected chi connectivity index (χ4v) is 3.76. The van der Waals surface area contributed by atoms with Gasteiger partial charge in [-0.05, 0) is 62.3 Å². The van der Waals surface area contributed by atoms with Crippen LogP contribution >= 0.6 is 0 Å². The van der Waals surface area contributed by atoms with Crippen molar-refractivity contribution in [2.45, 2.75) is 51.6 Å². The van der Waals surface area contributed by atoms with Crippen LogP contribution in [0, 0.1) is 5.92 Å². The molecule has 98 valence electrons. The Balaban J connectivity index is 1.90. The minimum absolute atomic E-state index is 0.493. The highest BCUT2D eigenvalue weighted by Crippen LogP contribution is 2.42. The van der Waals surface area contributed by atoms with Gasteiger partial charge in [0.15, 0.2) is 0 Å². The van der Waals surface area contributed by atoms with Gasteiger partial charge in [0.25, 0.3) is 0 Å². The van der Waals surface area contributed by atoms with Gasteiger partial charge in [-0.15, -0.1) is 0 Å². The van der Waals surface area contributed by atoms with Crippen LogP contribution in [0.4, 0.5) is 0 Å². The van der Waals surface area contributed by atoms with Crippen molar-refractivity contribution in [2.75, 3.05) is 6.54 Å². The Morgan fingerprint density at radius 2 is 2.06 bits per heavy atom. The van der Waals surface area contributed by atoms with Crippen LogP contribution in [-0.4, -0.2) is 22.6 Å². The summed E-state index contributed by atoms with van der Waals surface area (Å²) in [5.41, 5.74) is 2.56. The molecule has 3 unspecified atom stereocenters. The molecular formula is C16H23NO. The molecule has 0 spiro atoms. The number of hydrogen-bond donors (Lipinski definition) is 1. The van der Waals surface area contributed by atoms with E-state index in [2.05, 4.69) is 24.8 Å². The first-order valence-corrected chi connectivity index (χ1v) is 7.25. The Morgan fingerprint density at radius 1 is 1.22 bits per heavy atom. The summed E-state index contributed by atoms with van der Waals surface area (Å²) in [4.78, 5) is 2.67. The van der Waals surface area contributed by atoms with Gasteiger partial charge in [0.1, 0.15) is 5.75 Å². The summed E-state index contributed by atoms with van der Waals surface area (Å²) in [6, 6.07) is 7.22. The third-order valence-corrected chi connectivity index (χ3v) is 5.04. The number of fused-ring (bicyclic) bond motifs is 1. The molecule has 0 aromatic heterocycles. The van der Waals surface area contributed by atoms with E-state index in [-0.39, 0.29) is 0 Å². The Morgan fingerprint density at radius 3 is 2.89 bits per heavy atom. The van der Waals surface area contributed by atoms with E-state index in [1.165, 1.54) is 36.9 Å². The van der Waals surface area contributed by atoms with Crippen LogP contribution in [-0.2, 0) is 6.42 Å². The maximum Gasteiger partial charge on any atom is 0.119 e. The Labute approximate surface area is 110 Å². The predicted octanol–water partition coefficient (Wildman–Crippen LogP) is 3.50. The fraction of sp³-hybridized carbons (Fsp3) is 0.625. The van der Waals surface area contributed by atoms with Gasteiger partial charge in [-0.25, -0.2) is 0 Å². The lowest BCUT2D eigenvalue weighted by atomic mass is 9.89. The van der Waals surface area contributed by atoms with E-state index in [0.717, 1.165) is 12.3 Å². The highest BCUT2D eigenvalue weighted by atomic mass is 16.3. The highest BCUT2D eigenvalue weighted by molar-refractivity contribution is 5.44. The number of phenolic OH excluding ortho intramolecular Hbond substituents is 1. The molecule has 1 saturated heterocycles. The number of piperidine rings is 1. The first kappa shape index (κ1) is 12.0. The van der Waals surface area contributed by atoms with Gasteiger partial charge in [-0.2, -0.15) is 0 Å². The lowest BCUT2D eigenvalue weighted by Crippen LogP contribution is -2.43. The predicted molar refractivity (Wildman–Crippen MR) is 73.7 cm³/mol. The van der Waals surface area contributed by atoms with Crippen LogP contribution in [0.1, 0.15) is 50.3 Å². The molecule has 1 N–H and O–H groups in total. The molecule has 1 aliphatic carbocycles. The van der Waals surface area contributed by atoms with Crippen molar-refractivity contribution in [1.29, 1.82) is 0 Å². The summed E-state index contributed by atoms with van der Waals surface area (Å²) < 4.78 is 0. The zero-order valence-corrected chi connectivity index (χ0v) is 11.4. The molecule has 1 fully saturated rings. The van der Waals surface area contributed by atoms with Crippen molar-refractivity contribution in [3.63, 3.8) is 0 Å². The van der Waals surface area contributed by atoms with Crippen LogP contribution in [0.5, 0.6) is 5.75 Å². The quantitative estimate of drug-likeness (QED) is 0.818. The number of aromatic hydroxyl groups is 1. The van der Waals surface area contributed by atoms with Crippen molar-refractivity contribution in [1.82, 2.24) is 4.90 Å². The molecule has 0 amide bonds. The molecule has 1 heterocycles. The van der Waals surface area contributed by atoms with Crippen LogP contribution in [0.2, 0.25) is 0 Å². The maximum absolute atomic E-state index is 9.95. The van der Waals surface area contributed by atoms with E-state index in [4.69, 9.17) is 0 Å². The number of hydrogen-bond acceptors (Lipinski definition) is 2. The minimum Gasteiger partial charge on any atom is -0.508 e. The molecule has 1 aliphatic heterocycles. The van der Waals surface area contributed by atoms with Crippen molar-refractivity contribution in [2.24, 2.45) is 5.92 Å². The summed E-state index contributed by atoms with van der Waals surface area (Å²) in [5, 5.41) is 9.95. The summed E-state index contributed by atoms with van der Waals surface area (Å²) in [6.07, 6.45) is 4.88. The van der Waals surface area contributed by atoms with E-state index < -0.39 is 0 Å². The van der Waals surface area contributed by atoms with Gasteiger partial charge >= 0.3 is 0 Å². The van der Waals surface area contributed by atoms with Gasteiger partial charge in [-0.3, -0.25) is 4.90 Å². The molecule has 0 bridgehead atoms. The average Bonchev–Trinajstić information content (AvgIpc) is 2.78. The number of nitrogens with zero attached hydrogens (tertiary/aromatic N) is 1. The van der Waals surface area contributed by atoms with Crippen LogP contribution in [0.15, 0.2) is 18.2 Å². The average molecular weight is 245 g/mol. The summed E-state index contributed by atoms with van der Waals surface area (Å²) in [6.45, 7) is 5.95. The van der Waals surface area contributed by atoms with Gasteiger partial charge in [0.2, 0.25) is 0 Å². The van der Waals surface area contributed by atoms with E-state index >= 15 is 0 Å². The topological polar surface area (TPSA) is 23.5 Å². The number of rotatable bonds is 1. The lowest BCUT2D eigenvalue weighted by molar-refractivity contribution is 0.0681. The Kier molecular flexibility index (Phi) is 3.06. The molecule has 0 radical (unpaired) electrons. The van der Waals surface area contributed by atoms with Crippen LogP contribution in [0.25, 0.3) is 0 Å². The molecule has 0 saturated carbocycles. The van der Waals surface area contributed by atoms with Crippen LogP contribution < -0.4 is 0 Å². The zero-order valence-electron chi connectivity index (χ0n) is 11.4. The summed E-state index contributed by atoms with van der Waals surface area (Å²) in [5.74, 6) is 1.29. The van der Waals surface area contributed by atoms with Crippen molar-refractivity contribution < 1.29 is 5.11 Å². The van der Waals surface area contributed by atoms with E-state index in [1.54, 1.807) is 0 Å². The third kappa shape index (κ3) is 1.83. The largest absolute Gasteiger partial charge is 0.508 e. The molecule has 2 nitrogen and oxygen atoms in total. The van der Waals surface area contributed by atoms with Crippen molar-refractivity contribution in [3.05, 3.63) is 29.3 Å². The SMILES string of the molecule is CC1CCCN(C2CCc3c(O)cccc32)C1C. The molecule has 1 aromatic carbocycles. The molecule has 2 heteroatoms. The molecule has 3 rings (SSSR count). The van der Waals surface area contributed by atoms with E-state index in [0.29, 0.717) is 17.8 Å². The second kappa shape index (κ2) is 4.58.